The van der Waals surface area contributed by atoms with Crippen molar-refractivity contribution in [2.24, 2.45) is 0 Å². The molecular formula is C12H12ClNO. The largest absolute Gasteiger partial charge is 0.299 e. The Morgan fingerprint density at radius 3 is 2.73 bits per heavy atom. The number of amides is 1. The van der Waals surface area contributed by atoms with Crippen molar-refractivity contribution < 1.29 is 4.79 Å². The molecule has 1 aromatic rings. The van der Waals surface area contributed by atoms with Crippen LogP contribution >= 0.6 is 11.6 Å². The number of hydrogen-bond acceptors (Lipinski definition) is 1. The van der Waals surface area contributed by atoms with Crippen LogP contribution in [0.15, 0.2) is 24.3 Å². The number of nitrogens with zero attached hydrogens (tertiary/aromatic N) is 1. The zero-order valence-corrected chi connectivity index (χ0v) is 9.29. The normalized spacial score (nSPS) is 9.40. The number of anilines is 1. The first-order chi connectivity index (χ1) is 7.20. The second-order valence-electron chi connectivity index (χ2n) is 3.10. The SMILES string of the molecule is C#CCN(C(=O)CCl)c1ccccc1C. The summed E-state index contributed by atoms with van der Waals surface area (Å²) in [6.45, 7) is 2.18. The van der Waals surface area contributed by atoms with Gasteiger partial charge >= 0.3 is 0 Å². The molecule has 0 aliphatic carbocycles. The second kappa shape index (κ2) is 5.43. The summed E-state index contributed by atoms with van der Waals surface area (Å²) in [5.41, 5.74) is 1.83. The fourth-order valence-electron chi connectivity index (χ4n) is 1.34. The van der Waals surface area contributed by atoms with Crippen LogP contribution in [0.1, 0.15) is 5.56 Å². The molecule has 0 atom stereocenters. The molecule has 0 spiro atoms. The molecule has 1 rings (SSSR count). The summed E-state index contributed by atoms with van der Waals surface area (Å²) < 4.78 is 0. The van der Waals surface area contributed by atoms with Gasteiger partial charge in [0.05, 0.1) is 6.54 Å². The van der Waals surface area contributed by atoms with E-state index in [0.29, 0.717) is 0 Å². The average Bonchev–Trinajstić information content (AvgIpc) is 2.26. The Morgan fingerprint density at radius 1 is 1.53 bits per heavy atom. The van der Waals surface area contributed by atoms with Crippen molar-refractivity contribution in [3.05, 3.63) is 29.8 Å². The number of para-hydroxylation sites is 1. The molecule has 0 bridgehead atoms. The number of rotatable bonds is 3. The Kier molecular flexibility index (Phi) is 4.20. The predicted octanol–water partition coefficient (Wildman–Crippen LogP) is 2.20. The fraction of sp³-hybridized carbons (Fsp3) is 0.250. The van der Waals surface area contributed by atoms with Gasteiger partial charge in [0.15, 0.2) is 0 Å². The summed E-state index contributed by atoms with van der Waals surface area (Å²) in [6.07, 6.45) is 5.22. The molecule has 0 aliphatic rings. The predicted molar refractivity (Wildman–Crippen MR) is 63.1 cm³/mol. The van der Waals surface area contributed by atoms with E-state index in [0.717, 1.165) is 11.3 Å². The zero-order chi connectivity index (χ0) is 11.3. The minimum atomic E-state index is -0.177. The van der Waals surface area contributed by atoms with Gasteiger partial charge in [0, 0.05) is 5.69 Å². The van der Waals surface area contributed by atoms with E-state index in [9.17, 15) is 4.79 Å². The number of carbonyl (C=O) groups excluding carboxylic acids is 1. The minimum absolute atomic E-state index is 0.0595. The van der Waals surface area contributed by atoms with E-state index in [2.05, 4.69) is 5.92 Å². The molecule has 0 aromatic heterocycles. The van der Waals surface area contributed by atoms with E-state index in [4.69, 9.17) is 18.0 Å². The van der Waals surface area contributed by atoms with Crippen LogP contribution in [0.5, 0.6) is 0 Å². The molecule has 0 N–H and O–H groups in total. The van der Waals surface area contributed by atoms with E-state index in [1.807, 2.05) is 31.2 Å². The van der Waals surface area contributed by atoms with Gasteiger partial charge in [-0.05, 0) is 18.6 Å². The Bertz CT molecular complexity index is 395. The van der Waals surface area contributed by atoms with Gasteiger partial charge in [0.2, 0.25) is 5.91 Å². The molecule has 0 unspecified atom stereocenters. The van der Waals surface area contributed by atoms with Gasteiger partial charge in [-0.3, -0.25) is 9.69 Å². The molecule has 1 amide bonds. The van der Waals surface area contributed by atoms with Gasteiger partial charge in [0.1, 0.15) is 5.88 Å². The van der Waals surface area contributed by atoms with Gasteiger partial charge < -0.3 is 0 Å². The third-order valence-corrected chi connectivity index (χ3v) is 2.30. The van der Waals surface area contributed by atoms with Crippen molar-refractivity contribution >= 4 is 23.2 Å². The number of carbonyl (C=O) groups is 1. The first kappa shape index (κ1) is 11.6. The smallest absolute Gasteiger partial charge is 0.242 e. The van der Waals surface area contributed by atoms with Crippen molar-refractivity contribution in [2.75, 3.05) is 17.3 Å². The molecule has 2 nitrogen and oxygen atoms in total. The highest BCUT2D eigenvalue weighted by Crippen LogP contribution is 2.19. The minimum Gasteiger partial charge on any atom is -0.299 e. The van der Waals surface area contributed by atoms with Gasteiger partial charge in [-0.1, -0.05) is 24.1 Å². The summed E-state index contributed by atoms with van der Waals surface area (Å²) in [6, 6.07) is 7.57. The van der Waals surface area contributed by atoms with Crippen LogP contribution in [-0.2, 0) is 4.79 Å². The highest BCUT2D eigenvalue weighted by atomic mass is 35.5. The van der Waals surface area contributed by atoms with Gasteiger partial charge in [0.25, 0.3) is 0 Å². The number of terminal acetylenes is 1. The number of benzene rings is 1. The highest BCUT2D eigenvalue weighted by Gasteiger charge is 2.14. The molecule has 0 aliphatic heterocycles. The lowest BCUT2D eigenvalue weighted by Gasteiger charge is -2.21. The van der Waals surface area contributed by atoms with Crippen molar-refractivity contribution in [3.8, 4) is 12.3 Å². The monoisotopic (exact) mass is 221 g/mol. The van der Waals surface area contributed by atoms with Crippen LogP contribution in [0.4, 0.5) is 5.69 Å². The summed E-state index contributed by atoms with van der Waals surface area (Å²) >= 11 is 5.52. The fourth-order valence-corrected chi connectivity index (χ4v) is 1.48. The molecule has 1 aromatic carbocycles. The topological polar surface area (TPSA) is 20.3 Å². The second-order valence-corrected chi connectivity index (χ2v) is 3.37. The first-order valence-corrected chi connectivity index (χ1v) is 5.09. The summed E-state index contributed by atoms with van der Waals surface area (Å²) in [5, 5.41) is 0. The van der Waals surface area contributed by atoms with E-state index in [1.165, 1.54) is 4.90 Å². The third-order valence-electron chi connectivity index (χ3n) is 2.07. The standard InChI is InChI=1S/C12H12ClNO/c1-3-8-14(12(15)9-13)11-7-5-4-6-10(11)2/h1,4-7H,8-9H2,2H3. The Labute approximate surface area is 94.8 Å². The maximum atomic E-state index is 11.6. The summed E-state index contributed by atoms with van der Waals surface area (Å²) in [4.78, 5) is 13.1. The zero-order valence-electron chi connectivity index (χ0n) is 8.53. The molecule has 3 heteroatoms. The molecule has 0 saturated carbocycles. The van der Waals surface area contributed by atoms with Gasteiger partial charge in [-0.25, -0.2) is 0 Å². The average molecular weight is 222 g/mol. The van der Waals surface area contributed by atoms with Gasteiger partial charge in [-0.2, -0.15) is 0 Å². The number of aryl methyl sites for hydroxylation is 1. The molecular weight excluding hydrogens is 210 g/mol. The Morgan fingerprint density at radius 2 is 2.20 bits per heavy atom. The van der Waals surface area contributed by atoms with Crippen LogP contribution in [0, 0.1) is 19.3 Å². The van der Waals surface area contributed by atoms with Crippen LogP contribution in [0.3, 0.4) is 0 Å². The number of alkyl halides is 1. The molecule has 0 saturated heterocycles. The lowest BCUT2D eigenvalue weighted by molar-refractivity contribution is -0.116. The molecule has 15 heavy (non-hydrogen) atoms. The van der Waals surface area contributed by atoms with Crippen LogP contribution in [0.2, 0.25) is 0 Å². The van der Waals surface area contributed by atoms with Crippen molar-refractivity contribution in [1.29, 1.82) is 0 Å². The van der Waals surface area contributed by atoms with E-state index in [1.54, 1.807) is 0 Å². The number of halogens is 1. The quantitative estimate of drug-likeness (QED) is 0.566. The summed E-state index contributed by atoms with van der Waals surface area (Å²) in [7, 11) is 0. The third kappa shape index (κ3) is 2.74. The molecule has 0 radical (unpaired) electrons. The highest BCUT2D eigenvalue weighted by molar-refractivity contribution is 6.29. The van der Waals surface area contributed by atoms with Crippen molar-refractivity contribution in [3.63, 3.8) is 0 Å². The maximum Gasteiger partial charge on any atom is 0.242 e. The first-order valence-electron chi connectivity index (χ1n) is 4.56. The van der Waals surface area contributed by atoms with Crippen LogP contribution < -0.4 is 4.90 Å². The molecule has 0 heterocycles. The van der Waals surface area contributed by atoms with Crippen molar-refractivity contribution in [1.82, 2.24) is 0 Å². The lowest BCUT2D eigenvalue weighted by atomic mass is 10.2. The van der Waals surface area contributed by atoms with Crippen LogP contribution in [0.25, 0.3) is 0 Å². The molecule has 78 valence electrons. The van der Waals surface area contributed by atoms with Gasteiger partial charge in [-0.15, -0.1) is 18.0 Å². The van der Waals surface area contributed by atoms with E-state index < -0.39 is 0 Å². The van der Waals surface area contributed by atoms with Crippen molar-refractivity contribution in [2.45, 2.75) is 6.92 Å². The lowest BCUT2D eigenvalue weighted by Crippen LogP contribution is -2.32. The summed E-state index contributed by atoms with van der Waals surface area (Å²) in [5.74, 6) is 2.22. The number of hydrogen-bond donors (Lipinski definition) is 0. The van der Waals surface area contributed by atoms with Crippen LogP contribution in [-0.4, -0.2) is 18.3 Å². The maximum absolute atomic E-state index is 11.6. The van der Waals surface area contributed by atoms with E-state index in [-0.39, 0.29) is 18.3 Å². The van der Waals surface area contributed by atoms with E-state index >= 15 is 0 Å². The Balaban J connectivity index is 3.05. The Hall–Kier alpha value is -1.46. The molecule has 0 fully saturated rings.